The molecule has 1 aromatic carbocycles. The van der Waals surface area contributed by atoms with Crippen LogP contribution >= 0.6 is 0 Å². The van der Waals surface area contributed by atoms with E-state index in [1.807, 2.05) is 62.0 Å². The number of hydrogen-bond acceptors (Lipinski definition) is 12. The van der Waals surface area contributed by atoms with Gasteiger partial charge in [-0.25, -0.2) is 9.78 Å². The van der Waals surface area contributed by atoms with Gasteiger partial charge >= 0.3 is 5.97 Å². The molecule has 5 aliphatic rings. The zero-order valence-electron chi connectivity index (χ0n) is 32.0. The number of epoxide rings is 1. The lowest BCUT2D eigenvalue weighted by molar-refractivity contribution is -0.184. The summed E-state index contributed by atoms with van der Waals surface area (Å²) in [7, 11) is 3.79. The number of hydrogen-bond donors (Lipinski definition) is 5. The second kappa shape index (κ2) is 14.9. The third-order valence-corrected chi connectivity index (χ3v) is 13.1. The molecule has 9 atom stereocenters. The number of esters is 1. The van der Waals surface area contributed by atoms with Crippen molar-refractivity contribution >= 4 is 29.5 Å². The highest BCUT2D eigenvalue weighted by molar-refractivity contribution is 5.95. The molecule has 4 heterocycles. The number of benzene rings is 1. The van der Waals surface area contributed by atoms with Crippen molar-refractivity contribution in [3.63, 3.8) is 0 Å². The van der Waals surface area contributed by atoms with E-state index in [2.05, 4.69) is 22.5 Å². The Kier molecular flexibility index (Phi) is 10.6. The van der Waals surface area contributed by atoms with Crippen LogP contribution in [0.2, 0.25) is 0 Å². The number of aliphatic hydroxyl groups excluding tert-OH is 2. The van der Waals surface area contributed by atoms with Gasteiger partial charge in [0.05, 0.1) is 50.2 Å². The molecule has 0 bridgehead atoms. The molecule has 292 valence electrons. The Morgan fingerprint density at radius 3 is 2.59 bits per heavy atom. The zero-order chi connectivity index (χ0) is 38.4. The number of ether oxygens (including phenoxy) is 3. The zero-order valence-corrected chi connectivity index (χ0v) is 32.0. The lowest BCUT2D eigenvalue weighted by Gasteiger charge is -2.63. The number of rotatable bonds is 11. The summed E-state index contributed by atoms with van der Waals surface area (Å²) in [5, 5.41) is 40.4. The molecule has 0 radical (unpaired) electrons. The number of carbonyl (C=O) groups excluding carboxylic acids is 2. The molecule has 13 heteroatoms. The Morgan fingerprint density at radius 1 is 1.19 bits per heavy atom. The quantitative estimate of drug-likeness (QED) is 0.168. The van der Waals surface area contributed by atoms with E-state index in [1.165, 1.54) is 0 Å². The van der Waals surface area contributed by atoms with Crippen LogP contribution in [-0.2, 0) is 23.8 Å². The van der Waals surface area contributed by atoms with Crippen LogP contribution in [0.3, 0.4) is 0 Å². The number of anilines is 2. The molecule has 3 aliphatic heterocycles. The van der Waals surface area contributed by atoms with Gasteiger partial charge in [-0.15, -0.1) is 0 Å². The molecule has 2 aliphatic carbocycles. The lowest BCUT2D eigenvalue weighted by atomic mass is 9.43. The van der Waals surface area contributed by atoms with Gasteiger partial charge in [0.2, 0.25) is 5.91 Å². The molecule has 54 heavy (non-hydrogen) atoms. The molecule has 2 saturated carbocycles. The highest BCUT2D eigenvalue weighted by Gasteiger charge is 2.71. The van der Waals surface area contributed by atoms with Crippen molar-refractivity contribution in [3.05, 3.63) is 65.6 Å². The first-order valence-corrected chi connectivity index (χ1v) is 19.2. The maximum absolute atomic E-state index is 13.8. The number of morpholine rings is 1. The van der Waals surface area contributed by atoms with Crippen LogP contribution in [-0.4, -0.2) is 121 Å². The van der Waals surface area contributed by atoms with Crippen LogP contribution in [0.4, 0.5) is 11.5 Å². The Balaban J connectivity index is 1.26. The van der Waals surface area contributed by atoms with Crippen molar-refractivity contribution in [2.24, 2.45) is 22.7 Å². The first-order valence-electron chi connectivity index (χ1n) is 19.2. The predicted molar refractivity (Wildman–Crippen MR) is 203 cm³/mol. The number of nitrogens with one attached hydrogen (secondary N) is 2. The molecule has 1 amide bonds. The van der Waals surface area contributed by atoms with Crippen LogP contribution < -0.4 is 15.5 Å². The van der Waals surface area contributed by atoms with E-state index < -0.39 is 40.6 Å². The van der Waals surface area contributed by atoms with Crippen molar-refractivity contribution in [3.8, 4) is 5.75 Å². The standard InChI is InChI=1S/C41H55N5O8/c1-25(37(50)46-14-16-52-17-15-46)43-34-22-32-39(2,12-11-35(49)40(32,3)23-47)33(41(34)24-53-41)21-30(44-36-8-6-7-13-42-36)29-20-28(54-38(29)51)18-26-9-10-27(45(4)5)19-31(26)48/h6-10,13,18-20,25,30,32-35,43,47-49H,11-12,14-17,21-24H2,1-5H3,(H,42,44)/b28-18+/t25?,30?,32?,33?,34?,35-,39+,40+,41?/m1/s1. The summed E-state index contributed by atoms with van der Waals surface area (Å²) in [4.78, 5) is 35.8. The van der Waals surface area contributed by atoms with E-state index >= 15 is 0 Å². The Bertz CT molecular complexity index is 1780. The number of fused-ring (bicyclic) bond motifs is 1. The molecule has 4 fully saturated rings. The molecular formula is C41H55N5O8. The summed E-state index contributed by atoms with van der Waals surface area (Å²) in [6.45, 7) is 8.49. The Labute approximate surface area is 317 Å². The number of aromatic nitrogens is 1. The first kappa shape index (κ1) is 38.3. The molecule has 1 spiro atoms. The number of nitrogens with zero attached hydrogens (tertiary/aromatic N) is 3. The summed E-state index contributed by atoms with van der Waals surface area (Å²) in [5.41, 5.74) is -0.0938. The fourth-order valence-electron chi connectivity index (χ4n) is 9.87. The molecule has 5 N–H and O–H groups in total. The minimum absolute atomic E-state index is 0.00263. The highest BCUT2D eigenvalue weighted by Crippen LogP contribution is 2.66. The smallest absolute Gasteiger partial charge is 0.341 e. The second-order valence-corrected chi connectivity index (χ2v) is 16.5. The number of carbonyl (C=O) groups is 2. The fourth-order valence-corrected chi connectivity index (χ4v) is 9.87. The van der Waals surface area contributed by atoms with Crippen LogP contribution in [0.5, 0.6) is 5.75 Å². The molecule has 13 nitrogen and oxygen atoms in total. The number of allylic oxidation sites excluding steroid dienone is 1. The van der Waals surface area contributed by atoms with E-state index in [9.17, 15) is 24.9 Å². The fraction of sp³-hybridized carbons (Fsp3) is 0.585. The molecule has 2 saturated heterocycles. The average Bonchev–Trinajstić information content (AvgIpc) is 3.88. The van der Waals surface area contributed by atoms with Crippen molar-refractivity contribution < 1.29 is 39.1 Å². The third kappa shape index (κ3) is 7.01. The van der Waals surface area contributed by atoms with E-state index in [4.69, 9.17) is 14.2 Å². The van der Waals surface area contributed by atoms with Crippen LogP contribution in [0.1, 0.15) is 52.0 Å². The Hall–Kier alpha value is -4.01. The molecule has 2 aromatic rings. The Morgan fingerprint density at radius 2 is 1.94 bits per heavy atom. The number of phenolic OH excluding ortho intramolecular Hbond substituents is 1. The summed E-state index contributed by atoms with van der Waals surface area (Å²) in [5.74, 6) is 0.164. The largest absolute Gasteiger partial charge is 0.507 e. The highest BCUT2D eigenvalue weighted by atomic mass is 16.6. The normalized spacial score (nSPS) is 33.8. The molecule has 1 aromatic heterocycles. The van der Waals surface area contributed by atoms with E-state index in [0.717, 1.165) is 5.69 Å². The monoisotopic (exact) mass is 745 g/mol. The van der Waals surface area contributed by atoms with Gasteiger partial charge in [-0.1, -0.05) is 19.9 Å². The van der Waals surface area contributed by atoms with Gasteiger partial charge in [-0.05, 0) is 86.3 Å². The predicted octanol–water partition coefficient (Wildman–Crippen LogP) is 3.32. The number of aliphatic hydroxyl groups is 2. The number of aromatic hydroxyl groups is 1. The molecule has 6 unspecified atom stereocenters. The summed E-state index contributed by atoms with van der Waals surface area (Å²) >= 11 is 0. The van der Waals surface area contributed by atoms with Gasteiger partial charge in [-0.3, -0.25) is 4.79 Å². The van der Waals surface area contributed by atoms with Crippen molar-refractivity contribution in [1.29, 1.82) is 0 Å². The van der Waals surface area contributed by atoms with Gasteiger partial charge in [0.25, 0.3) is 0 Å². The number of amides is 1. The van der Waals surface area contributed by atoms with Gasteiger partial charge in [0, 0.05) is 62.2 Å². The van der Waals surface area contributed by atoms with E-state index in [0.29, 0.717) is 81.3 Å². The lowest BCUT2D eigenvalue weighted by Crippen LogP contribution is -2.68. The minimum Gasteiger partial charge on any atom is -0.507 e. The number of phenols is 1. The summed E-state index contributed by atoms with van der Waals surface area (Å²) in [6.07, 6.45) is 6.65. The third-order valence-electron chi connectivity index (χ3n) is 13.1. The minimum atomic E-state index is -0.797. The summed E-state index contributed by atoms with van der Waals surface area (Å²) < 4.78 is 17.9. The van der Waals surface area contributed by atoms with Gasteiger partial charge in [-0.2, -0.15) is 0 Å². The first-order chi connectivity index (χ1) is 25.8. The average molecular weight is 746 g/mol. The number of pyridine rings is 1. The second-order valence-electron chi connectivity index (χ2n) is 16.5. The van der Waals surface area contributed by atoms with E-state index in [-0.39, 0.29) is 36.1 Å². The number of cyclic esters (lactones) is 1. The van der Waals surface area contributed by atoms with Crippen LogP contribution in [0, 0.1) is 22.7 Å². The van der Waals surface area contributed by atoms with Gasteiger partial charge in [0.15, 0.2) is 0 Å². The summed E-state index contributed by atoms with van der Waals surface area (Å²) in [6, 6.07) is 9.56. The SMILES string of the molecule is CC(NC1CC2[C@](C)(CC[C@@H](O)[C@@]2(C)CO)C(CC(Nc2ccccn2)C2=C/C(=C\c3ccc(N(C)C)cc3O)OC2=O)C12CO2)C(=O)N1CCOCC1. The van der Waals surface area contributed by atoms with Gasteiger partial charge < -0.3 is 50.0 Å². The maximum atomic E-state index is 13.8. The topological polar surface area (TPSA) is 169 Å². The van der Waals surface area contributed by atoms with Crippen molar-refractivity contribution in [2.45, 2.75) is 76.3 Å². The van der Waals surface area contributed by atoms with E-state index in [1.54, 1.807) is 30.5 Å². The van der Waals surface area contributed by atoms with Crippen molar-refractivity contribution in [2.75, 3.05) is 63.8 Å². The molecular weight excluding hydrogens is 690 g/mol. The van der Waals surface area contributed by atoms with Gasteiger partial charge in [0.1, 0.15) is 22.9 Å². The van der Waals surface area contributed by atoms with Crippen molar-refractivity contribution in [1.82, 2.24) is 15.2 Å². The maximum Gasteiger partial charge on any atom is 0.341 e. The molecule has 7 rings (SSSR count). The van der Waals surface area contributed by atoms with Crippen LogP contribution in [0.25, 0.3) is 6.08 Å². The van der Waals surface area contributed by atoms with Crippen LogP contribution in [0.15, 0.2) is 60.0 Å².